The zero-order valence-electron chi connectivity index (χ0n) is 77.4. The molecular formula is C101H153N3O18S. The predicted molar refractivity (Wildman–Crippen MR) is 496 cm³/mol. The predicted octanol–water partition coefficient (Wildman–Crippen LogP) is 22.6. The van der Waals surface area contributed by atoms with Crippen LogP contribution < -0.4 is 11.5 Å². The number of thiophene rings is 1. The number of aromatic hydroxyl groups is 2. The number of hydrogen-bond donors (Lipinski definition) is 8. The molecule has 6 aromatic carbocycles. The van der Waals surface area contributed by atoms with Crippen LogP contribution in [0.1, 0.15) is 264 Å². The quantitative estimate of drug-likeness (QED) is 0.0182. The van der Waals surface area contributed by atoms with Gasteiger partial charge in [-0.2, -0.15) is 0 Å². The summed E-state index contributed by atoms with van der Waals surface area (Å²) in [6, 6.07) is 55.8. The highest BCUT2D eigenvalue weighted by molar-refractivity contribution is 7.09. The van der Waals surface area contributed by atoms with Gasteiger partial charge in [0.15, 0.2) is 6.39 Å². The highest BCUT2D eigenvalue weighted by Gasteiger charge is 2.32. The third kappa shape index (κ3) is 55.3. The number of rotatable bonds is 32. The van der Waals surface area contributed by atoms with Crippen LogP contribution in [0.5, 0.6) is 11.5 Å². The molecule has 2 aliphatic rings. The molecule has 2 heterocycles. The lowest BCUT2D eigenvalue weighted by Gasteiger charge is -2.29. The molecule has 5 unspecified atom stereocenters. The molecule has 10 rings (SSSR count). The first kappa shape index (κ1) is 112. The summed E-state index contributed by atoms with van der Waals surface area (Å²) in [5.74, 6) is -0.450. The van der Waals surface area contributed by atoms with E-state index in [1.807, 2.05) is 226 Å². The molecule has 0 aliphatic heterocycles. The molecular weight excluding hydrogens is 1580 g/mol. The molecule has 0 spiro atoms. The van der Waals surface area contributed by atoms with Gasteiger partial charge in [-0.05, 0) is 234 Å². The Kier molecular flexibility index (Phi) is 61.0. The maximum atomic E-state index is 11.4. The fourth-order valence-corrected chi connectivity index (χ4v) is 13.1. The maximum absolute atomic E-state index is 11.4. The number of carboxylic acid groups (broad SMARTS) is 3. The number of aliphatic hydroxyl groups is 1. The number of aliphatic hydroxyl groups excluding tert-OH is 1. The Morgan fingerprint density at radius 3 is 1.24 bits per heavy atom. The number of nitrogens with zero attached hydrogens (tertiary/aromatic N) is 1. The van der Waals surface area contributed by atoms with E-state index in [0.717, 1.165) is 86.4 Å². The Morgan fingerprint density at radius 1 is 0.439 bits per heavy atom. The lowest BCUT2D eigenvalue weighted by molar-refractivity contribution is -0.149. The molecule has 2 fully saturated rings. The van der Waals surface area contributed by atoms with Crippen molar-refractivity contribution in [1.82, 2.24) is 4.98 Å². The molecule has 0 radical (unpaired) electrons. The summed E-state index contributed by atoms with van der Waals surface area (Å²) in [5.41, 5.74) is 17.4. The summed E-state index contributed by atoms with van der Waals surface area (Å²) < 4.78 is 42.5. The van der Waals surface area contributed by atoms with Crippen LogP contribution in [0, 0.1) is 35.5 Å². The second-order valence-electron chi connectivity index (χ2n) is 33.4. The first-order valence-electron chi connectivity index (χ1n) is 43.7. The number of hydrogen-bond acceptors (Lipinski definition) is 19. The average Bonchev–Trinajstić information content (AvgIpc) is 1.02. The molecule has 10 N–H and O–H groups in total. The zero-order chi connectivity index (χ0) is 92.2. The highest BCUT2D eigenvalue weighted by atomic mass is 32.1. The normalized spacial score (nSPS) is 14.8. The minimum absolute atomic E-state index is 0.0389. The highest BCUT2D eigenvalue weighted by Crippen LogP contribution is 2.34. The number of benzene rings is 6. The molecule has 686 valence electrons. The van der Waals surface area contributed by atoms with E-state index in [2.05, 4.69) is 54.5 Å². The van der Waals surface area contributed by atoms with E-state index < -0.39 is 29.9 Å². The largest absolute Gasteiger partial charge is 0.508 e. The molecule has 8 aromatic rings. The van der Waals surface area contributed by atoms with Crippen LogP contribution in [0.3, 0.4) is 0 Å². The number of phenolic OH excluding ortho intramolecular Hbond substituents is 2. The topological polar surface area (TPSA) is 332 Å². The number of carboxylic acids is 3. The van der Waals surface area contributed by atoms with Crippen molar-refractivity contribution in [3.05, 3.63) is 244 Å². The fourth-order valence-electron chi connectivity index (χ4n) is 12.5. The van der Waals surface area contributed by atoms with Crippen molar-refractivity contribution in [2.75, 3.05) is 19.8 Å². The molecule has 123 heavy (non-hydrogen) atoms. The molecule has 2 aliphatic carbocycles. The smallest absolute Gasteiger partial charge is 0.327 e. The maximum Gasteiger partial charge on any atom is 0.327 e. The molecule has 5 atom stereocenters. The van der Waals surface area contributed by atoms with Crippen molar-refractivity contribution >= 4 is 35.2 Å². The number of ether oxygens (including phenoxy) is 7. The minimum atomic E-state index is -0.828. The number of oxazole rings is 1. The van der Waals surface area contributed by atoms with Gasteiger partial charge in [-0.15, -0.1) is 11.3 Å². The zero-order valence-corrected chi connectivity index (χ0v) is 78.2. The number of nitrogens with two attached hydrogens (primary N) is 2. The van der Waals surface area contributed by atoms with Gasteiger partial charge in [-0.25, -0.2) is 9.78 Å². The van der Waals surface area contributed by atoms with E-state index >= 15 is 0 Å². The molecule has 21 nitrogen and oxygen atoms in total. The van der Waals surface area contributed by atoms with Gasteiger partial charge in [0.2, 0.25) is 0 Å². The second-order valence-corrected chi connectivity index (χ2v) is 34.5. The summed E-state index contributed by atoms with van der Waals surface area (Å²) in [4.78, 5) is 49.4. The van der Waals surface area contributed by atoms with Gasteiger partial charge in [0.25, 0.3) is 0 Å². The van der Waals surface area contributed by atoms with Crippen LogP contribution in [0.25, 0.3) is 0 Å². The Morgan fingerprint density at radius 2 is 0.854 bits per heavy atom. The van der Waals surface area contributed by atoms with E-state index in [-0.39, 0.29) is 71.8 Å². The number of carbonyl (C=O) groups is 4. The van der Waals surface area contributed by atoms with Gasteiger partial charge in [0.1, 0.15) is 29.9 Å². The lowest BCUT2D eigenvalue weighted by Crippen LogP contribution is -2.29. The Hall–Kier alpha value is -8.65. The van der Waals surface area contributed by atoms with E-state index in [4.69, 9.17) is 74.6 Å². The summed E-state index contributed by atoms with van der Waals surface area (Å²) in [6.07, 6.45) is 14.8. The van der Waals surface area contributed by atoms with Crippen molar-refractivity contribution in [3.8, 4) is 11.5 Å². The van der Waals surface area contributed by atoms with Crippen molar-refractivity contribution in [2.45, 2.75) is 295 Å². The lowest BCUT2D eigenvalue weighted by atomic mass is 9.75. The summed E-state index contributed by atoms with van der Waals surface area (Å²) in [6.45, 7) is 44.4. The number of aliphatic carboxylic acids is 3. The van der Waals surface area contributed by atoms with Crippen LogP contribution in [0.4, 0.5) is 0 Å². The number of phenols is 2. The Labute approximate surface area is 741 Å². The van der Waals surface area contributed by atoms with E-state index in [1.54, 1.807) is 55.6 Å². The standard InChI is InChI=1S/C12H19NO.C11H15NO2.C11H14O3.C11H20O2.C11H14O2.C10H20O2.C10H14O2.C10H14O.C8H12OS.C7H11NO2/c1-10(2)14-9-12(8-13)11-6-4-3-5-7-11;1-8(2)14-11(13)10(12)9-6-4-3-5-7-9;1-7(2)10(11(13)14)8-3-5-9(12)6-4-8;2*1-8(2)10(11(12)13)9-6-4-3-5-7-9;2*1-8(2)12-7-9-3-5-10(11)6-4-9;1-9(2)11-8-10-6-4-3-5-7-10;1-7(2)9-6-8-4-3-5-10-8;1-6(2)9-4-7-3-8-5-10-7/h3-7,10,12H,8-9,13H2,1-2H3;3-8,10H,12H2,1-2H3;3-7,10,12H,1-2H3,(H,13,14);8-10H,3-7H2,1-2H3,(H,12,13);3-8,10H,1-2H3,(H,12,13);8-11H,3-7H2,1-2H3;3-6,8,11H,7H2,1-2H3;3-7,9H,8H2,1-2H3;3-5,7H,6H2,1-2H3;3,5-6H,4H2,1-2H3. The summed E-state index contributed by atoms with van der Waals surface area (Å²) in [5, 5.41) is 56.5. The molecule has 2 aromatic heterocycles. The van der Waals surface area contributed by atoms with Gasteiger partial charge in [0.05, 0.1) is 99.2 Å². The third-order valence-corrected chi connectivity index (χ3v) is 19.8. The summed E-state index contributed by atoms with van der Waals surface area (Å²) in [7, 11) is 0. The van der Waals surface area contributed by atoms with Crippen molar-refractivity contribution in [2.24, 2.45) is 47.0 Å². The van der Waals surface area contributed by atoms with Gasteiger partial charge >= 0.3 is 23.9 Å². The molecule has 2 saturated carbocycles. The van der Waals surface area contributed by atoms with Crippen molar-refractivity contribution < 1.29 is 87.4 Å². The van der Waals surface area contributed by atoms with E-state index in [0.29, 0.717) is 68.2 Å². The van der Waals surface area contributed by atoms with Gasteiger partial charge in [-0.3, -0.25) is 14.4 Å². The van der Waals surface area contributed by atoms with Gasteiger partial charge in [-0.1, -0.05) is 212 Å². The Bertz CT molecular complexity index is 3790. The summed E-state index contributed by atoms with van der Waals surface area (Å²) >= 11 is 1.74. The van der Waals surface area contributed by atoms with Gasteiger partial charge < -0.3 is 79.7 Å². The van der Waals surface area contributed by atoms with Crippen molar-refractivity contribution in [3.63, 3.8) is 0 Å². The van der Waals surface area contributed by atoms with Crippen molar-refractivity contribution in [1.29, 1.82) is 0 Å². The first-order chi connectivity index (χ1) is 58.3. The minimum Gasteiger partial charge on any atom is -0.508 e. The fraction of sp³-hybridized carbons (Fsp3) is 0.535. The number of aromatic nitrogens is 1. The molecule has 0 amide bonds. The third-order valence-electron chi connectivity index (χ3n) is 19.0. The number of carbonyl (C=O) groups excluding carboxylic acids is 1. The average molecular weight is 1730 g/mol. The van der Waals surface area contributed by atoms with Crippen LogP contribution in [0.2, 0.25) is 0 Å². The van der Waals surface area contributed by atoms with Crippen LogP contribution in [0.15, 0.2) is 204 Å². The molecule has 0 saturated heterocycles. The van der Waals surface area contributed by atoms with Crippen LogP contribution >= 0.6 is 11.3 Å². The molecule has 22 heteroatoms. The van der Waals surface area contributed by atoms with Crippen LogP contribution in [-0.4, -0.2) is 128 Å². The Balaban J connectivity index is 0.000000685. The first-order valence-corrected chi connectivity index (χ1v) is 44.6. The number of esters is 1. The van der Waals surface area contributed by atoms with Crippen LogP contribution in [-0.2, 0) is 78.8 Å². The van der Waals surface area contributed by atoms with E-state index in [9.17, 15) is 24.3 Å². The SMILES string of the molecule is CC(C)C(C(=O)O)C1CCCCC1.CC(C)C(C(=O)O)c1ccc(O)cc1.CC(C)C(C(=O)O)c1ccccc1.CC(C)OC(=O)C(N)c1ccccc1.CC(C)OCC(CN)c1ccccc1.CC(C)OCC1CCC(O)CC1.CC(C)OCc1ccc(O)cc1.CC(C)OCc1ccccc1.CC(C)OCc1cccs1.CC(C)OCc1cnco1. The van der Waals surface area contributed by atoms with Gasteiger partial charge in [0, 0.05) is 23.9 Å². The monoisotopic (exact) mass is 1730 g/mol. The van der Waals surface area contributed by atoms with E-state index in [1.165, 1.54) is 53.8 Å². The molecule has 0 bridgehead atoms. The second kappa shape index (κ2) is 66.8.